The van der Waals surface area contributed by atoms with Crippen LogP contribution in [-0.2, 0) is 9.47 Å². The summed E-state index contributed by atoms with van der Waals surface area (Å²) in [5.74, 6) is 0. The van der Waals surface area contributed by atoms with Crippen LogP contribution in [0.5, 0.6) is 0 Å². The summed E-state index contributed by atoms with van der Waals surface area (Å²) >= 11 is 0. The molecule has 0 aromatic heterocycles. The van der Waals surface area contributed by atoms with Crippen LogP contribution in [0.2, 0.25) is 0 Å². The zero-order valence-corrected chi connectivity index (χ0v) is 17.8. The monoisotopic (exact) mass is 415 g/mol. The molecule has 2 atom stereocenters. The summed E-state index contributed by atoms with van der Waals surface area (Å²) < 4.78 is 10.6. The number of hydrogen-bond donors (Lipinski definition) is 3. The first-order valence-electron chi connectivity index (χ1n) is 10.9. The van der Waals surface area contributed by atoms with E-state index < -0.39 is 30.6 Å². The van der Waals surface area contributed by atoms with Crippen LogP contribution in [0.3, 0.4) is 0 Å². The zero-order chi connectivity index (χ0) is 21.5. The van der Waals surface area contributed by atoms with Crippen molar-refractivity contribution in [2.75, 3.05) is 19.6 Å². The Balaban J connectivity index is 2.43. The molecule has 9 heteroatoms. The van der Waals surface area contributed by atoms with Gasteiger partial charge in [0.05, 0.1) is 0 Å². The van der Waals surface area contributed by atoms with E-state index in [4.69, 9.17) is 9.47 Å². The zero-order valence-electron chi connectivity index (χ0n) is 17.8. The Hall–Kier alpha value is -2.19. The van der Waals surface area contributed by atoms with Gasteiger partial charge in [-0.1, -0.05) is 52.4 Å². The lowest BCUT2D eigenvalue weighted by Crippen LogP contribution is -2.55. The number of carbonyl (C=O) groups is 3. The number of unbranched alkanes of at least 4 members (excludes halogenated alkanes) is 6. The summed E-state index contributed by atoms with van der Waals surface area (Å²) in [7, 11) is 0. The molecular weight excluding hydrogens is 378 g/mol. The van der Waals surface area contributed by atoms with Crippen LogP contribution in [0.25, 0.3) is 0 Å². The molecule has 0 spiro atoms. The lowest BCUT2D eigenvalue weighted by Gasteiger charge is -2.37. The fraction of sp³-hybridized carbons (Fsp3) is 0.850. The van der Waals surface area contributed by atoms with E-state index >= 15 is 0 Å². The van der Waals surface area contributed by atoms with Crippen molar-refractivity contribution in [1.29, 1.82) is 0 Å². The second-order valence-electron chi connectivity index (χ2n) is 7.33. The quantitative estimate of drug-likeness (QED) is 0.414. The first-order valence-corrected chi connectivity index (χ1v) is 10.9. The lowest BCUT2D eigenvalue weighted by molar-refractivity contribution is -0.101. The summed E-state index contributed by atoms with van der Waals surface area (Å²) in [5.41, 5.74) is 0. The predicted molar refractivity (Wildman–Crippen MR) is 109 cm³/mol. The largest absolute Gasteiger partial charge is 0.465 e. The van der Waals surface area contributed by atoms with Gasteiger partial charge in [0.15, 0.2) is 6.10 Å². The summed E-state index contributed by atoms with van der Waals surface area (Å²) in [6, 6.07) is 0. The molecule has 1 saturated heterocycles. The third-order valence-corrected chi connectivity index (χ3v) is 4.81. The number of amides is 3. The van der Waals surface area contributed by atoms with Gasteiger partial charge in [-0.3, -0.25) is 4.90 Å². The third kappa shape index (κ3) is 10.2. The number of likely N-dealkylation sites (tertiary alicyclic amines) is 1. The first-order chi connectivity index (χ1) is 14.0. The summed E-state index contributed by atoms with van der Waals surface area (Å²) in [6.45, 7) is 5.23. The fourth-order valence-corrected chi connectivity index (χ4v) is 3.22. The van der Waals surface area contributed by atoms with Gasteiger partial charge in [-0.15, -0.1) is 0 Å². The molecule has 0 bridgehead atoms. The van der Waals surface area contributed by atoms with Gasteiger partial charge in [-0.2, -0.15) is 0 Å². The molecule has 0 aliphatic carbocycles. The van der Waals surface area contributed by atoms with Gasteiger partial charge in [0.25, 0.3) is 0 Å². The van der Waals surface area contributed by atoms with E-state index in [-0.39, 0.29) is 6.54 Å². The molecule has 0 aromatic rings. The standard InChI is InChI=1S/C20H37N3O6/c1-3-5-6-7-8-9-10-14-22-18(24)28-16-12-11-15-23(20(26)27)17(16)29-19(25)21-13-4-2/h16-17H,3-15H2,1-2H3,(H,21,25)(H,22,24)(H,26,27). The van der Waals surface area contributed by atoms with E-state index in [1.165, 1.54) is 25.7 Å². The second-order valence-corrected chi connectivity index (χ2v) is 7.33. The Morgan fingerprint density at radius 3 is 2.17 bits per heavy atom. The SMILES string of the molecule is CCCCCCCCCNC(=O)OC1CCCN(C(=O)O)C1OC(=O)NCCC. The van der Waals surface area contributed by atoms with Gasteiger partial charge in [-0.25, -0.2) is 14.4 Å². The molecule has 2 unspecified atom stereocenters. The number of nitrogens with one attached hydrogen (secondary N) is 2. The van der Waals surface area contributed by atoms with Crippen molar-refractivity contribution in [3.63, 3.8) is 0 Å². The van der Waals surface area contributed by atoms with E-state index in [1.807, 2.05) is 6.92 Å². The van der Waals surface area contributed by atoms with Gasteiger partial charge in [-0.05, 0) is 25.7 Å². The molecule has 3 N–H and O–H groups in total. The average molecular weight is 416 g/mol. The number of hydrogen-bond acceptors (Lipinski definition) is 5. The number of ether oxygens (including phenoxy) is 2. The van der Waals surface area contributed by atoms with Crippen LogP contribution >= 0.6 is 0 Å². The molecule has 1 heterocycles. The topological polar surface area (TPSA) is 117 Å². The van der Waals surface area contributed by atoms with Crippen molar-refractivity contribution in [2.24, 2.45) is 0 Å². The van der Waals surface area contributed by atoms with Gasteiger partial charge < -0.3 is 25.2 Å². The Bertz CT molecular complexity index is 503. The van der Waals surface area contributed by atoms with Crippen LogP contribution < -0.4 is 10.6 Å². The normalized spacial score (nSPS) is 18.8. The molecule has 9 nitrogen and oxygen atoms in total. The predicted octanol–water partition coefficient (Wildman–Crippen LogP) is 4.07. The average Bonchev–Trinajstić information content (AvgIpc) is 2.69. The van der Waals surface area contributed by atoms with E-state index in [0.29, 0.717) is 25.9 Å². The minimum absolute atomic E-state index is 0.223. The van der Waals surface area contributed by atoms with Gasteiger partial charge >= 0.3 is 18.3 Å². The van der Waals surface area contributed by atoms with E-state index in [1.54, 1.807) is 0 Å². The highest BCUT2D eigenvalue weighted by atomic mass is 16.6. The van der Waals surface area contributed by atoms with Gasteiger partial charge in [0, 0.05) is 19.6 Å². The molecule has 0 aromatic carbocycles. The molecule has 0 radical (unpaired) electrons. The summed E-state index contributed by atoms with van der Waals surface area (Å²) in [5, 5.41) is 14.6. The number of piperidine rings is 1. The minimum Gasteiger partial charge on any atom is -0.465 e. The van der Waals surface area contributed by atoms with E-state index in [0.717, 1.165) is 30.6 Å². The van der Waals surface area contributed by atoms with Crippen LogP contribution in [0.15, 0.2) is 0 Å². The van der Waals surface area contributed by atoms with Gasteiger partial charge in [0.2, 0.25) is 6.23 Å². The highest BCUT2D eigenvalue weighted by Gasteiger charge is 2.39. The number of nitrogens with zero attached hydrogens (tertiary/aromatic N) is 1. The van der Waals surface area contributed by atoms with Crippen LogP contribution in [0.4, 0.5) is 14.4 Å². The summed E-state index contributed by atoms with van der Waals surface area (Å²) in [4.78, 5) is 36.5. The van der Waals surface area contributed by atoms with Crippen molar-refractivity contribution >= 4 is 18.3 Å². The molecular formula is C20H37N3O6. The molecule has 29 heavy (non-hydrogen) atoms. The van der Waals surface area contributed by atoms with Crippen LogP contribution in [0, 0.1) is 0 Å². The first kappa shape index (κ1) is 24.8. The number of carbonyl (C=O) groups excluding carboxylic acids is 2. The molecule has 1 aliphatic heterocycles. The number of carboxylic acid groups (broad SMARTS) is 1. The van der Waals surface area contributed by atoms with Crippen LogP contribution in [-0.4, -0.2) is 60.3 Å². The molecule has 168 valence electrons. The Labute approximate surface area is 173 Å². The summed E-state index contributed by atoms with van der Waals surface area (Å²) in [6.07, 6.45) is 5.16. The molecule has 3 amide bonds. The third-order valence-electron chi connectivity index (χ3n) is 4.81. The maximum absolute atomic E-state index is 12.1. The fourth-order valence-electron chi connectivity index (χ4n) is 3.22. The lowest BCUT2D eigenvalue weighted by atomic mass is 10.1. The minimum atomic E-state index is -1.21. The maximum Gasteiger partial charge on any atom is 0.410 e. The smallest absolute Gasteiger partial charge is 0.410 e. The van der Waals surface area contributed by atoms with E-state index in [2.05, 4.69) is 17.6 Å². The van der Waals surface area contributed by atoms with E-state index in [9.17, 15) is 19.5 Å². The Morgan fingerprint density at radius 1 is 0.897 bits per heavy atom. The Morgan fingerprint density at radius 2 is 1.52 bits per heavy atom. The molecule has 1 rings (SSSR count). The maximum atomic E-state index is 12.1. The van der Waals surface area contributed by atoms with Crippen molar-refractivity contribution < 1.29 is 29.0 Å². The van der Waals surface area contributed by atoms with Crippen molar-refractivity contribution in [2.45, 2.75) is 90.4 Å². The highest BCUT2D eigenvalue weighted by molar-refractivity contribution is 5.70. The highest BCUT2D eigenvalue weighted by Crippen LogP contribution is 2.22. The van der Waals surface area contributed by atoms with Crippen molar-refractivity contribution in [3.05, 3.63) is 0 Å². The van der Waals surface area contributed by atoms with Crippen molar-refractivity contribution in [1.82, 2.24) is 15.5 Å². The number of rotatable bonds is 12. The Kier molecular flexibility index (Phi) is 12.6. The molecule has 1 aliphatic rings. The number of alkyl carbamates (subject to hydrolysis) is 2. The van der Waals surface area contributed by atoms with Gasteiger partial charge in [0.1, 0.15) is 0 Å². The second kappa shape index (κ2) is 14.8. The molecule has 0 saturated carbocycles. The van der Waals surface area contributed by atoms with Crippen molar-refractivity contribution in [3.8, 4) is 0 Å². The van der Waals surface area contributed by atoms with Crippen LogP contribution in [0.1, 0.15) is 78.1 Å². The molecule has 1 fully saturated rings.